The van der Waals surface area contributed by atoms with Gasteiger partial charge in [0.15, 0.2) is 5.69 Å². The van der Waals surface area contributed by atoms with E-state index >= 15 is 0 Å². The van der Waals surface area contributed by atoms with Gasteiger partial charge in [0.1, 0.15) is 6.61 Å². The van der Waals surface area contributed by atoms with Crippen LogP contribution >= 0.6 is 11.6 Å². The highest BCUT2D eigenvalue weighted by Crippen LogP contribution is 2.12. The maximum Gasteiger partial charge on any atom is 0.356 e. The van der Waals surface area contributed by atoms with Crippen molar-refractivity contribution in [3.05, 3.63) is 52.9 Å². The van der Waals surface area contributed by atoms with Gasteiger partial charge in [-0.05, 0) is 17.7 Å². The maximum atomic E-state index is 10.6. The number of nitrogens with zero attached hydrogens (tertiary/aromatic N) is 2. The molecule has 0 unspecified atom stereocenters. The fraction of sp³-hybridized carbons (Fsp3) is 0.0833. The van der Waals surface area contributed by atoms with Crippen LogP contribution in [0.4, 0.5) is 0 Å². The lowest BCUT2D eigenvalue weighted by Gasteiger charge is -2.04. The van der Waals surface area contributed by atoms with Crippen LogP contribution in [0.5, 0.6) is 5.88 Å². The Balaban J connectivity index is 1.97. The van der Waals surface area contributed by atoms with Gasteiger partial charge in [-0.1, -0.05) is 23.7 Å². The lowest BCUT2D eigenvalue weighted by molar-refractivity contribution is 0.0689. The number of carbonyl (C=O) groups is 1. The van der Waals surface area contributed by atoms with Crippen molar-refractivity contribution in [1.29, 1.82) is 0 Å². The Morgan fingerprint density at radius 3 is 2.50 bits per heavy atom. The van der Waals surface area contributed by atoms with Crippen LogP contribution in [0.3, 0.4) is 0 Å². The van der Waals surface area contributed by atoms with E-state index in [4.69, 9.17) is 21.4 Å². The van der Waals surface area contributed by atoms with Gasteiger partial charge in [0.05, 0.1) is 12.4 Å². The first-order valence-electron chi connectivity index (χ1n) is 5.08. The molecule has 0 saturated carbocycles. The summed E-state index contributed by atoms with van der Waals surface area (Å²) in [7, 11) is 0. The number of aromatic nitrogens is 2. The van der Waals surface area contributed by atoms with Crippen LogP contribution in [0.2, 0.25) is 5.02 Å². The van der Waals surface area contributed by atoms with E-state index in [-0.39, 0.29) is 11.6 Å². The van der Waals surface area contributed by atoms with Crippen molar-refractivity contribution in [1.82, 2.24) is 9.97 Å². The van der Waals surface area contributed by atoms with Gasteiger partial charge in [0.2, 0.25) is 5.88 Å². The molecule has 92 valence electrons. The molecule has 0 amide bonds. The molecule has 6 heteroatoms. The Kier molecular flexibility index (Phi) is 3.74. The first-order chi connectivity index (χ1) is 8.65. The van der Waals surface area contributed by atoms with Crippen molar-refractivity contribution in [2.24, 2.45) is 0 Å². The standard InChI is InChI=1S/C12H9ClN2O3/c13-9-3-1-8(2-4-9)7-18-11-6-14-10(5-15-11)12(16)17/h1-6H,7H2,(H,16,17). The number of halogens is 1. The Morgan fingerprint density at radius 1 is 1.22 bits per heavy atom. The molecule has 1 aromatic carbocycles. The molecule has 0 saturated heterocycles. The third-order valence-corrected chi connectivity index (χ3v) is 2.40. The second-order valence-electron chi connectivity index (χ2n) is 3.46. The lowest BCUT2D eigenvalue weighted by atomic mass is 10.2. The van der Waals surface area contributed by atoms with E-state index < -0.39 is 5.97 Å². The van der Waals surface area contributed by atoms with Crippen LogP contribution in [0.15, 0.2) is 36.7 Å². The Bertz CT molecular complexity index is 540. The number of carboxylic acid groups (broad SMARTS) is 1. The molecule has 1 heterocycles. The zero-order valence-electron chi connectivity index (χ0n) is 9.21. The second kappa shape index (κ2) is 5.46. The molecule has 0 atom stereocenters. The van der Waals surface area contributed by atoms with Crippen LogP contribution < -0.4 is 4.74 Å². The summed E-state index contributed by atoms with van der Waals surface area (Å²) in [4.78, 5) is 18.1. The van der Waals surface area contributed by atoms with Gasteiger partial charge in [-0.15, -0.1) is 0 Å². The molecule has 1 N–H and O–H groups in total. The minimum atomic E-state index is -1.12. The fourth-order valence-electron chi connectivity index (χ4n) is 1.24. The third-order valence-electron chi connectivity index (χ3n) is 2.15. The predicted octanol–water partition coefficient (Wildman–Crippen LogP) is 2.41. The molecule has 0 spiro atoms. The highest BCUT2D eigenvalue weighted by Gasteiger charge is 2.05. The molecule has 18 heavy (non-hydrogen) atoms. The molecular formula is C12H9ClN2O3. The molecule has 1 aromatic heterocycles. The third kappa shape index (κ3) is 3.18. The number of hydrogen-bond acceptors (Lipinski definition) is 4. The Morgan fingerprint density at radius 2 is 1.94 bits per heavy atom. The molecule has 0 aliphatic carbocycles. The highest BCUT2D eigenvalue weighted by molar-refractivity contribution is 6.30. The molecular weight excluding hydrogens is 256 g/mol. The van der Waals surface area contributed by atoms with Gasteiger partial charge >= 0.3 is 5.97 Å². The van der Waals surface area contributed by atoms with Crippen molar-refractivity contribution in [3.63, 3.8) is 0 Å². The fourth-order valence-corrected chi connectivity index (χ4v) is 1.37. The predicted molar refractivity (Wildman–Crippen MR) is 64.8 cm³/mol. The molecule has 0 aliphatic rings. The Labute approximate surface area is 108 Å². The molecule has 5 nitrogen and oxygen atoms in total. The van der Waals surface area contributed by atoms with Crippen molar-refractivity contribution in [2.75, 3.05) is 0 Å². The monoisotopic (exact) mass is 264 g/mol. The minimum Gasteiger partial charge on any atom is -0.476 e. The average molecular weight is 265 g/mol. The summed E-state index contributed by atoms with van der Waals surface area (Å²) >= 11 is 5.76. The van der Waals surface area contributed by atoms with Gasteiger partial charge in [-0.25, -0.2) is 14.8 Å². The summed E-state index contributed by atoms with van der Waals surface area (Å²) < 4.78 is 5.36. The first-order valence-corrected chi connectivity index (χ1v) is 5.45. The van der Waals surface area contributed by atoms with E-state index in [9.17, 15) is 4.79 Å². The second-order valence-corrected chi connectivity index (χ2v) is 3.90. The van der Waals surface area contributed by atoms with E-state index in [1.54, 1.807) is 12.1 Å². The number of rotatable bonds is 4. The molecule has 0 bridgehead atoms. The number of carboxylic acids is 1. The summed E-state index contributed by atoms with van der Waals surface area (Å²) in [5.41, 5.74) is 0.817. The molecule has 2 aromatic rings. The van der Waals surface area contributed by atoms with Crippen LogP contribution in [0.1, 0.15) is 16.1 Å². The van der Waals surface area contributed by atoms with Crippen LogP contribution in [-0.2, 0) is 6.61 Å². The summed E-state index contributed by atoms with van der Waals surface area (Å²) in [5.74, 6) is -0.846. The number of ether oxygens (including phenoxy) is 1. The summed E-state index contributed by atoms with van der Waals surface area (Å²) in [5, 5.41) is 9.31. The molecule has 0 aliphatic heterocycles. The smallest absolute Gasteiger partial charge is 0.356 e. The van der Waals surface area contributed by atoms with Gasteiger partial charge in [-0.3, -0.25) is 0 Å². The molecule has 2 rings (SSSR count). The van der Waals surface area contributed by atoms with Gasteiger partial charge in [0, 0.05) is 5.02 Å². The van der Waals surface area contributed by atoms with E-state index in [0.717, 1.165) is 11.8 Å². The largest absolute Gasteiger partial charge is 0.476 e. The number of aromatic carboxylic acids is 1. The maximum absolute atomic E-state index is 10.6. The van der Waals surface area contributed by atoms with Crippen molar-refractivity contribution in [2.45, 2.75) is 6.61 Å². The normalized spacial score (nSPS) is 10.1. The van der Waals surface area contributed by atoms with E-state index in [0.29, 0.717) is 11.6 Å². The van der Waals surface area contributed by atoms with Gasteiger partial charge in [-0.2, -0.15) is 0 Å². The zero-order chi connectivity index (χ0) is 13.0. The van der Waals surface area contributed by atoms with Crippen LogP contribution in [-0.4, -0.2) is 21.0 Å². The zero-order valence-corrected chi connectivity index (χ0v) is 9.96. The summed E-state index contributed by atoms with van der Waals surface area (Å²) in [6.07, 6.45) is 2.43. The van der Waals surface area contributed by atoms with E-state index in [2.05, 4.69) is 9.97 Å². The molecule has 0 fully saturated rings. The number of benzene rings is 1. The number of hydrogen-bond donors (Lipinski definition) is 1. The highest BCUT2D eigenvalue weighted by atomic mass is 35.5. The summed E-state index contributed by atoms with van der Waals surface area (Å²) in [6.45, 7) is 0.318. The van der Waals surface area contributed by atoms with E-state index in [1.807, 2.05) is 12.1 Å². The van der Waals surface area contributed by atoms with Gasteiger partial charge in [0.25, 0.3) is 0 Å². The summed E-state index contributed by atoms with van der Waals surface area (Å²) in [6, 6.07) is 7.20. The Hall–Kier alpha value is -2.14. The van der Waals surface area contributed by atoms with Gasteiger partial charge < -0.3 is 9.84 Å². The van der Waals surface area contributed by atoms with Crippen LogP contribution in [0, 0.1) is 0 Å². The topological polar surface area (TPSA) is 72.3 Å². The average Bonchev–Trinajstić information content (AvgIpc) is 2.38. The first kappa shape index (κ1) is 12.3. The van der Waals surface area contributed by atoms with E-state index in [1.165, 1.54) is 6.20 Å². The molecule has 0 radical (unpaired) electrons. The van der Waals surface area contributed by atoms with Crippen molar-refractivity contribution < 1.29 is 14.6 Å². The van der Waals surface area contributed by atoms with Crippen molar-refractivity contribution in [3.8, 4) is 5.88 Å². The quantitative estimate of drug-likeness (QED) is 0.918. The van der Waals surface area contributed by atoms with Crippen molar-refractivity contribution >= 4 is 17.6 Å². The SMILES string of the molecule is O=C(O)c1cnc(OCc2ccc(Cl)cc2)cn1. The lowest BCUT2D eigenvalue weighted by Crippen LogP contribution is -2.03. The minimum absolute atomic E-state index is 0.117. The van der Waals surface area contributed by atoms with Crippen LogP contribution in [0.25, 0.3) is 0 Å².